The maximum absolute atomic E-state index is 4.66. The van der Waals surface area contributed by atoms with Crippen LogP contribution in [0.2, 0.25) is 0 Å². The Labute approximate surface area is 122 Å². The summed E-state index contributed by atoms with van der Waals surface area (Å²) in [7, 11) is 2.22. The van der Waals surface area contributed by atoms with Crippen molar-refractivity contribution in [2.24, 2.45) is 16.3 Å². The molecule has 0 radical (unpaired) electrons. The van der Waals surface area contributed by atoms with Crippen molar-refractivity contribution in [2.45, 2.75) is 45.3 Å². The predicted octanol–water partition coefficient (Wildman–Crippen LogP) is 2.83. The number of hydrogen-bond donors (Lipinski definition) is 1. The van der Waals surface area contributed by atoms with Crippen molar-refractivity contribution in [1.82, 2.24) is 10.2 Å². The molecule has 2 heterocycles. The standard InChI is InChI=1S/C15H29N3S/c1-12(2)9-13-10-16-14(19-13)17-11-15(3)5-7-18(4)8-6-15/h12-13H,5-11H2,1-4H3,(H,16,17). The highest BCUT2D eigenvalue weighted by Crippen LogP contribution is 2.31. The largest absolute Gasteiger partial charge is 0.364 e. The molecular weight excluding hydrogens is 254 g/mol. The molecule has 4 heteroatoms. The average molecular weight is 283 g/mol. The molecule has 19 heavy (non-hydrogen) atoms. The van der Waals surface area contributed by atoms with E-state index >= 15 is 0 Å². The van der Waals surface area contributed by atoms with Crippen molar-refractivity contribution in [3.8, 4) is 0 Å². The molecule has 2 aliphatic heterocycles. The fourth-order valence-corrected chi connectivity index (χ4v) is 4.04. The number of thioether (sulfide) groups is 1. The van der Waals surface area contributed by atoms with Gasteiger partial charge in [-0.25, -0.2) is 0 Å². The lowest BCUT2D eigenvalue weighted by molar-refractivity contribution is 0.142. The minimum Gasteiger partial charge on any atom is -0.364 e. The lowest BCUT2D eigenvalue weighted by Crippen LogP contribution is -2.42. The SMILES string of the molecule is CC(C)CC1CN=C(NCC2(C)CCN(C)CC2)S1. The van der Waals surface area contributed by atoms with Crippen molar-refractivity contribution in [3.05, 3.63) is 0 Å². The van der Waals surface area contributed by atoms with E-state index in [1.807, 2.05) is 11.8 Å². The molecule has 0 aromatic heterocycles. The number of aliphatic imine (C=N–C) groups is 1. The highest BCUT2D eigenvalue weighted by Gasteiger charge is 2.30. The number of piperidine rings is 1. The van der Waals surface area contributed by atoms with Gasteiger partial charge in [0.15, 0.2) is 5.17 Å². The zero-order valence-electron chi connectivity index (χ0n) is 12.9. The van der Waals surface area contributed by atoms with Crippen LogP contribution in [0, 0.1) is 11.3 Å². The van der Waals surface area contributed by atoms with E-state index in [1.54, 1.807) is 0 Å². The molecule has 0 aromatic carbocycles. The van der Waals surface area contributed by atoms with E-state index in [0.29, 0.717) is 10.7 Å². The number of hydrogen-bond acceptors (Lipinski definition) is 4. The molecule has 110 valence electrons. The summed E-state index contributed by atoms with van der Waals surface area (Å²) >= 11 is 1.96. The van der Waals surface area contributed by atoms with Crippen LogP contribution in [0.4, 0.5) is 0 Å². The van der Waals surface area contributed by atoms with Crippen LogP contribution in [-0.2, 0) is 0 Å². The Morgan fingerprint density at radius 2 is 2.11 bits per heavy atom. The lowest BCUT2D eigenvalue weighted by Gasteiger charge is -2.38. The first kappa shape index (κ1) is 15.2. The third-order valence-corrected chi connectivity index (χ3v) is 5.48. The molecule has 2 rings (SSSR count). The van der Waals surface area contributed by atoms with Gasteiger partial charge >= 0.3 is 0 Å². The highest BCUT2D eigenvalue weighted by atomic mass is 32.2. The van der Waals surface area contributed by atoms with Crippen LogP contribution >= 0.6 is 11.8 Å². The normalized spacial score (nSPS) is 27.6. The van der Waals surface area contributed by atoms with Gasteiger partial charge in [-0.1, -0.05) is 32.5 Å². The lowest BCUT2D eigenvalue weighted by atomic mass is 9.80. The van der Waals surface area contributed by atoms with Crippen molar-refractivity contribution in [2.75, 3.05) is 33.2 Å². The van der Waals surface area contributed by atoms with Gasteiger partial charge in [-0.2, -0.15) is 0 Å². The van der Waals surface area contributed by atoms with Crippen LogP contribution in [0.3, 0.4) is 0 Å². The quantitative estimate of drug-likeness (QED) is 0.860. The third-order valence-electron chi connectivity index (χ3n) is 4.31. The molecule has 3 nitrogen and oxygen atoms in total. The van der Waals surface area contributed by atoms with E-state index in [9.17, 15) is 0 Å². The molecule has 1 saturated heterocycles. The first-order valence-electron chi connectivity index (χ1n) is 7.60. The Hall–Kier alpha value is -0.220. The molecule has 0 aliphatic carbocycles. The van der Waals surface area contributed by atoms with Crippen molar-refractivity contribution in [3.63, 3.8) is 0 Å². The van der Waals surface area contributed by atoms with Gasteiger partial charge in [0.1, 0.15) is 0 Å². The van der Waals surface area contributed by atoms with E-state index in [4.69, 9.17) is 0 Å². The molecule has 1 unspecified atom stereocenters. The summed E-state index contributed by atoms with van der Waals surface area (Å²) < 4.78 is 0. The molecular formula is C15H29N3S. The Bertz CT molecular complexity index is 319. The fourth-order valence-electron chi connectivity index (χ4n) is 2.79. The van der Waals surface area contributed by atoms with Crippen LogP contribution in [0.15, 0.2) is 4.99 Å². The summed E-state index contributed by atoms with van der Waals surface area (Å²) in [6, 6.07) is 0. The van der Waals surface area contributed by atoms with Gasteiger partial charge in [0.25, 0.3) is 0 Å². The van der Waals surface area contributed by atoms with E-state index < -0.39 is 0 Å². The molecule has 0 bridgehead atoms. The number of nitrogens with one attached hydrogen (secondary N) is 1. The number of likely N-dealkylation sites (tertiary alicyclic amines) is 1. The summed E-state index contributed by atoms with van der Waals surface area (Å²) in [4.78, 5) is 7.09. The molecule has 1 fully saturated rings. The maximum Gasteiger partial charge on any atom is 0.156 e. The van der Waals surface area contributed by atoms with Crippen LogP contribution in [0.1, 0.15) is 40.0 Å². The fraction of sp³-hybridized carbons (Fsp3) is 0.933. The smallest absolute Gasteiger partial charge is 0.156 e. The van der Waals surface area contributed by atoms with Crippen molar-refractivity contribution < 1.29 is 0 Å². The first-order chi connectivity index (χ1) is 8.97. The Kier molecular flexibility index (Phi) is 5.18. The summed E-state index contributed by atoms with van der Waals surface area (Å²) in [6.07, 6.45) is 3.87. The van der Waals surface area contributed by atoms with E-state index in [2.05, 4.69) is 43.0 Å². The topological polar surface area (TPSA) is 27.6 Å². The monoisotopic (exact) mass is 283 g/mol. The highest BCUT2D eigenvalue weighted by molar-refractivity contribution is 8.14. The van der Waals surface area contributed by atoms with E-state index in [1.165, 1.54) is 37.5 Å². The van der Waals surface area contributed by atoms with Crippen molar-refractivity contribution >= 4 is 16.9 Å². The molecule has 2 aliphatic rings. The van der Waals surface area contributed by atoms with Gasteiger partial charge < -0.3 is 10.2 Å². The summed E-state index contributed by atoms with van der Waals surface area (Å²) in [5, 5.41) is 5.49. The number of nitrogens with zero attached hydrogens (tertiary/aromatic N) is 2. The Morgan fingerprint density at radius 3 is 2.74 bits per heavy atom. The molecule has 0 spiro atoms. The third kappa shape index (κ3) is 4.67. The predicted molar refractivity (Wildman–Crippen MR) is 86.0 cm³/mol. The van der Waals surface area contributed by atoms with E-state index in [0.717, 1.165) is 19.0 Å². The van der Waals surface area contributed by atoms with Gasteiger partial charge in [-0.15, -0.1) is 0 Å². The number of rotatable bonds is 4. The molecule has 1 N–H and O–H groups in total. The Morgan fingerprint density at radius 1 is 1.42 bits per heavy atom. The minimum atomic E-state index is 0.450. The Balaban J connectivity index is 1.71. The van der Waals surface area contributed by atoms with Gasteiger partial charge in [0.05, 0.1) is 6.54 Å². The second-order valence-corrected chi connectivity index (χ2v) is 8.27. The van der Waals surface area contributed by atoms with E-state index in [-0.39, 0.29) is 0 Å². The molecule has 0 aromatic rings. The van der Waals surface area contributed by atoms with Gasteiger partial charge in [-0.05, 0) is 50.7 Å². The van der Waals surface area contributed by atoms with Gasteiger partial charge in [0, 0.05) is 11.8 Å². The maximum atomic E-state index is 4.66. The van der Waals surface area contributed by atoms with Crippen molar-refractivity contribution in [1.29, 1.82) is 0 Å². The van der Waals surface area contributed by atoms with Crippen LogP contribution in [0.25, 0.3) is 0 Å². The number of amidine groups is 1. The summed E-state index contributed by atoms with van der Waals surface area (Å²) in [6.45, 7) is 11.6. The molecule has 1 atom stereocenters. The average Bonchev–Trinajstić information content (AvgIpc) is 2.78. The second kappa shape index (κ2) is 6.49. The van der Waals surface area contributed by atoms with Crippen LogP contribution < -0.4 is 5.32 Å². The zero-order chi connectivity index (χ0) is 13.9. The van der Waals surface area contributed by atoms with Gasteiger partial charge in [-0.3, -0.25) is 4.99 Å². The van der Waals surface area contributed by atoms with Gasteiger partial charge in [0.2, 0.25) is 0 Å². The summed E-state index contributed by atoms with van der Waals surface area (Å²) in [5.74, 6) is 0.776. The first-order valence-corrected chi connectivity index (χ1v) is 8.48. The second-order valence-electron chi connectivity index (χ2n) is 6.98. The summed E-state index contributed by atoms with van der Waals surface area (Å²) in [5.41, 5.74) is 0.450. The molecule has 0 saturated carbocycles. The zero-order valence-corrected chi connectivity index (χ0v) is 13.7. The molecule has 0 amide bonds. The van der Waals surface area contributed by atoms with Crippen LogP contribution in [-0.4, -0.2) is 48.5 Å². The minimum absolute atomic E-state index is 0.450. The van der Waals surface area contributed by atoms with Crippen LogP contribution in [0.5, 0.6) is 0 Å².